The minimum absolute atomic E-state index is 0.280. The summed E-state index contributed by atoms with van der Waals surface area (Å²) in [4.78, 5) is 1.20. The summed E-state index contributed by atoms with van der Waals surface area (Å²) < 4.78 is 0. The molecule has 0 saturated carbocycles. The molecule has 1 aliphatic rings. The smallest absolute Gasteiger partial charge is 0.120 e. The third kappa shape index (κ3) is 1.96. The maximum absolute atomic E-state index is 9.71. The van der Waals surface area contributed by atoms with Crippen molar-refractivity contribution >= 4 is 16.7 Å². The summed E-state index contributed by atoms with van der Waals surface area (Å²) in [6.07, 6.45) is 0. The number of phenolic OH excluding ortho intramolecular Hbond substituents is 1. The molecule has 1 heterocycles. The van der Waals surface area contributed by atoms with Crippen LogP contribution in [0.4, 0.5) is 0 Å². The number of nitrogens with two attached hydrogens (primary N) is 1. The number of nitrogens with one attached hydrogen (secondary N) is 1. The number of thioether (sulfide) groups is 1. The SMILES string of the molecule is CC1=C(c2ccc(CN)c(O)c2)SCN1. The van der Waals surface area contributed by atoms with E-state index in [2.05, 4.69) is 5.32 Å². The van der Waals surface area contributed by atoms with E-state index in [4.69, 9.17) is 5.73 Å². The van der Waals surface area contributed by atoms with Crippen LogP contribution in [0.2, 0.25) is 0 Å². The Kier molecular flexibility index (Phi) is 2.88. The first-order valence-electron chi connectivity index (χ1n) is 4.82. The van der Waals surface area contributed by atoms with E-state index in [0.717, 1.165) is 17.0 Å². The molecule has 0 spiro atoms. The van der Waals surface area contributed by atoms with Crippen LogP contribution in [-0.4, -0.2) is 11.0 Å². The fourth-order valence-electron chi connectivity index (χ4n) is 1.58. The summed E-state index contributed by atoms with van der Waals surface area (Å²) in [5, 5.41) is 13.0. The van der Waals surface area contributed by atoms with Crippen LogP contribution in [-0.2, 0) is 6.54 Å². The van der Waals surface area contributed by atoms with Gasteiger partial charge < -0.3 is 16.2 Å². The van der Waals surface area contributed by atoms with Crippen LogP contribution in [0.5, 0.6) is 5.75 Å². The lowest BCUT2D eigenvalue weighted by atomic mass is 10.1. The monoisotopic (exact) mass is 222 g/mol. The van der Waals surface area contributed by atoms with E-state index in [9.17, 15) is 5.11 Å². The third-order valence-corrected chi connectivity index (χ3v) is 3.58. The van der Waals surface area contributed by atoms with Gasteiger partial charge in [-0.05, 0) is 18.6 Å². The Morgan fingerprint density at radius 3 is 2.87 bits per heavy atom. The topological polar surface area (TPSA) is 58.3 Å². The highest BCUT2D eigenvalue weighted by Crippen LogP contribution is 2.35. The van der Waals surface area contributed by atoms with Crippen molar-refractivity contribution in [2.45, 2.75) is 13.5 Å². The van der Waals surface area contributed by atoms with E-state index in [1.54, 1.807) is 17.8 Å². The summed E-state index contributed by atoms with van der Waals surface area (Å²) in [6, 6.07) is 5.66. The van der Waals surface area contributed by atoms with Gasteiger partial charge in [0.2, 0.25) is 0 Å². The molecule has 15 heavy (non-hydrogen) atoms. The maximum atomic E-state index is 9.71. The van der Waals surface area contributed by atoms with Gasteiger partial charge in [-0.3, -0.25) is 0 Å². The van der Waals surface area contributed by atoms with Crippen molar-refractivity contribution in [1.29, 1.82) is 0 Å². The molecule has 0 aliphatic carbocycles. The molecule has 0 saturated heterocycles. The molecule has 0 bridgehead atoms. The number of rotatable bonds is 2. The van der Waals surface area contributed by atoms with Gasteiger partial charge in [0, 0.05) is 22.7 Å². The first-order chi connectivity index (χ1) is 7.22. The van der Waals surface area contributed by atoms with Crippen molar-refractivity contribution in [2.75, 3.05) is 5.88 Å². The number of benzene rings is 1. The number of hydrogen-bond acceptors (Lipinski definition) is 4. The Morgan fingerprint density at radius 2 is 2.33 bits per heavy atom. The Morgan fingerprint density at radius 1 is 1.53 bits per heavy atom. The average Bonchev–Trinajstić information content (AvgIpc) is 2.64. The third-order valence-electron chi connectivity index (χ3n) is 2.46. The number of aromatic hydroxyl groups is 1. The van der Waals surface area contributed by atoms with Gasteiger partial charge >= 0.3 is 0 Å². The summed E-state index contributed by atoms with van der Waals surface area (Å²) in [7, 11) is 0. The van der Waals surface area contributed by atoms with Gasteiger partial charge in [0.1, 0.15) is 5.75 Å². The Labute approximate surface area is 93.4 Å². The number of hydrogen-bond donors (Lipinski definition) is 3. The van der Waals surface area contributed by atoms with E-state index < -0.39 is 0 Å². The second-order valence-electron chi connectivity index (χ2n) is 3.47. The molecule has 1 aliphatic heterocycles. The highest BCUT2D eigenvalue weighted by molar-refractivity contribution is 8.08. The molecule has 1 aromatic carbocycles. The van der Waals surface area contributed by atoms with Crippen molar-refractivity contribution in [3.8, 4) is 5.75 Å². The predicted octanol–water partition coefficient (Wildman–Crippen LogP) is 1.83. The van der Waals surface area contributed by atoms with Gasteiger partial charge in [0.15, 0.2) is 0 Å². The van der Waals surface area contributed by atoms with Gasteiger partial charge in [-0.2, -0.15) is 0 Å². The van der Waals surface area contributed by atoms with Crippen LogP contribution < -0.4 is 11.1 Å². The molecular weight excluding hydrogens is 208 g/mol. The predicted molar refractivity (Wildman–Crippen MR) is 64.2 cm³/mol. The zero-order valence-corrected chi connectivity index (χ0v) is 9.40. The van der Waals surface area contributed by atoms with Gasteiger partial charge in [-0.25, -0.2) is 0 Å². The Balaban J connectivity index is 2.38. The molecule has 0 amide bonds. The van der Waals surface area contributed by atoms with Gasteiger partial charge in [-0.15, -0.1) is 11.8 Å². The zero-order chi connectivity index (χ0) is 10.8. The molecule has 0 fully saturated rings. The molecular formula is C11H14N2OS. The fourth-order valence-corrected chi connectivity index (χ4v) is 2.60. The van der Waals surface area contributed by atoms with Crippen molar-refractivity contribution in [1.82, 2.24) is 5.32 Å². The first-order valence-corrected chi connectivity index (χ1v) is 5.81. The van der Waals surface area contributed by atoms with Crippen LogP contribution in [0.1, 0.15) is 18.1 Å². The molecule has 0 unspecified atom stereocenters. The average molecular weight is 222 g/mol. The maximum Gasteiger partial charge on any atom is 0.120 e. The second kappa shape index (κ2) is 4.16. The van der Waals surface area contributed by atoms with E-state index >= 15 is 0 Å². The number of allylic oxidation sites excluding steroid dienone is 1. The van der Waals surface area contributed by atoms with Crippen molar-refractivity contribution in [2.24, 2.45) is 5.73 Å². The van der Waals surface area contributed by atoms with Crippen LogP contribution in [0, 0.1) is 0 Å². The fraction of sp³-hybridized carbons (Fsp3) is 0.273. The van der Waals surface area contributed by atoms with Gasteiger partial charge in [-0.1, -0.05) is 12.1 Å². The summed E-state index contributed by atoms with van der Waals surface area (Å²) in [5.74, 6) is 1.18. The minimum atomic E-state index is 0.280. The lowest BCUT2D eigenvalue weighted by Gasteiger charge is -2.06. The summed E-state index contributed by atoms with van der Waals surface area (Å²) in [5.41, 5.74) is 8.50. The van der Waals surface area contributed by atoms with E-state index in [-0.39, 0.29) is 5.75 Å². The van der Waals surface area contributed by atoms with Crippen molar-refractivity contribution in [3.63, 3.8) is 0 Å². The quantitative estimate of drug-likeness (QED) is 0.714. The lowest BCUT2D eigenvalue weighted by Crippen LogP contribution is -2.02. The molecule has 4 heteroatoms. The highest BCUT2D eigenvalue weighted by Gasteiger charge is 2.13. The van der Waals surface area contributed by atoms with Crippen LogP contribution in [0.25, 0.3) is 4.91 Å². The van der Waals surface area contributed by atoms with E-state index in [1.165, 1.54) is 10.6 Å². The van der Waals surface area contributed by atoms with Gasteiger partial charge in [0.25, 0.3) is 0 Å². The Hall–Kier alpha value is -1.13. The van der Waals surface area contributed by atoms with Gasteiger partial charge in [0.05, 0.1) is 5.88 Å². The highest BCUT2D eigenvalue weighted by atomic mass is 32.2. The van der Waals surface area contributed by atoms with Crippen molar-refractivity contribution < 1.29 is 5.11 Å². The van der Waals surface area contributed by atoms with E-state index in [0.29, 0.717) is 6.54 Å². The standard InChI is InChI=1S/C11H14N2OS/c1-7-11(15-6-13-7)8-2-3-9(5-12)10(14)4-8/h2-4,13-14H,5-6,12H2,1H3. The summed E-state index contributed by atoms with van der Waals surface area (Å²) >= 11 is 1.75. The van der Waals surface area contributed by atoms with Crippen LogP contribution >= 0.6 is 11.8 Å². The second-order valence-corrected chi connectivity index (χ2v) is 4.45. The molecule has 1 aromatic rings. The minimum Gasteiger partial charge on any atom is -0.508 e. The molecule has 0 atom stereocenters. The first kappa shape index (κ1) is 10.4. The molecule has 2 rings (SSSR count). The molecule has 80 valence electrons. The van der Waals surface area contributed by atoms with E-state index in [1.807, 2.05) is 19.1 Å². The number of phenols is 1. The molecule has 0 radical (unpaired) electrons. The van der Waals surface area contributed by atoms with Crippen LogP contribution in [0.15, 0.2) is 23.9 Å². The summed E-state index contributed by atoms with van der Waals surface area (Å²) in [6.45, 7) is 2.42. The molecule has 4 N–H and O–H groups in total. The lowest BCUT2D eigenvalue weighted by molar-refractivity contribution is 0.468. The zero-order valence-electron chi connectivity index (χ0n) is 8.58. The molecule has 3 nitrogen and oxygen atoms in total. The van der Waals surface area contributed by atoms with Crippen LogP contribution in [0.3, 0.4) is 0 Å². The van der Waals surface area contributed by atoms with Crippen molar-refractivity contribution in [3.05, 3.63) is 35.0 Å². The normalized spacial score (nSPS) is 15.6. The Bertz CT molecular complexity index is 415. The molecule has 0 aromatic heterocycles. The largest absolute Gasteiger partial charge is 0.508 e.